The molecule has 8 heteroatoms. The van der Waals surface area contributed by atoms with E-state index in [-0.39, 0.29) is 23.3 Å². The van der Waals surface area contributed by atoms with Crippen LogP contribution in [0, 0.1) is 19.3 Å². The summed E-state index contributed by atoms with van der Waals surface area (Å²) in [7, 11) is 1.99. The molecule has 0 radical (unpaired) electrons. The number of fused-ring (bicyclic) bond motifs is 1. The van der Waals surface area contributed by atoms with E-state index in [2.05, 4.69) is 34.5 Å². The van der Waals surface area contributed by atoms with Crippen molar-refractivity contribution in [3.05, 3.63) is 46.8 Å². The van der Waals surface area contributed by atoms with Crippen LogP contribution in [0.25, 0.3) is 0 Å². The average molecular weight is 482 g/mol. The molecule has 1 atom stereocenters. The van der Waals surface area contributed by atoms with Gasteiger partial charge in [0.25, 0.3) is 5.91 Å². The first-order chi connectivity index (χ1) is 16.8. The molecule has 1 saturated heterocycles. The van der Waals surface area contributed by atoms with Crippen LogP contribution in [-0.4, -0.2) is 58.8 Å². The van der Waals surface area contributed by atoms with E-state index in [4.69, 9.17) is 4.74 Å². The van der Waals surface area contributed by atoms with Crippen LogP contribution in [0.4, 0.5) is 0 Å². The average Bonchev–Trinajstić information content (AvgIpc) is 3.09. The fourth-order valence-corrected chi connectivity index (χ4v) is 5.30. The van der Waals surface area contributed by atoms with Gasteiger partial charge in [-0.15, -0.1) is 0 Å². The number of hydrogen-bond donors (Lipinski definition) is 2. The molecule has 190 valence electrons. The first kappa shape index (κ1) is 25.2. The second-order valence-electron chi connectivity index (χ2n) is 10.2. The van der Waals surface area contributed by atoms with E-state index in [1.807, 2.05) is 30.8 Å². The van der Waals surface area contributed by atoms with Crippen molar-refractivity contribution in [1.29, 1.82) is 0 Å². The number of likely N-dealkylation sites (tertiary alicyclic amines) is 1. The summed E-state index contributed by atoms with van der Waals surface area (Å²) in [4.78, 5) is 28.7. The number of ether oxygens (including phenoxy) is 1. The van der Waals surface area contributed by atoms with E-state index in [0.717, 1.165) is 57.4 Å². The van der Waals surface area contributed by atoms with Crippen molar-refractivity contribution < 1.29 is 14.3 Å². The number of carbonyl (C=O) groups is 2. The number of amides is 2. The molecule has 1 aromatic carbocycles. The maximum absolute atomic E-state index is 13.6. The number of benzene rings is 1. The first-order valence-corrected chi connectivity index (χ1v) is 12.8. The Balaban J connectivity index is 1.44. The maximum atomic E-state index is 13.6. The van der Waals surface area contributed by atoms with Crippen LogP contribution in [0.1, 0.15) is 66.3 Å². The van der Waals surface area contributed by atoms with Crippen LogP contribution in [-0.2, 0) is 18.4 Å². The summed E-state index contributed by atoms with van der Waals surface area (Å²) < 4.78 is 7.90. The number of piperidine rings is 1. The van der Waals surface area contributed by atoms with Gasteiger partial charge < -0.3 is 15.4 Å². The zero-order valence-electron chi connectivity index (χ0n) is 21.5. The second kappa shape index (κ2) is 10.8. The summed E-state index contributed by atoms with van der Waals surface area (Å²) in [6, 6.07) is 7.12. The third kappa shape index (κ3) is 5.69. The molecule has 0 saturated carbocycles. The fraction of sp³-hybridized carbons (Fsp3) is 0.593. The molecule has 4 rings (SSSR count). The number of aryl methyl sites for hydroxylation is 2. The molecule has 0 bridgehead atoms. The summed E-state index contributed by atoms with van der Waals surface area (Å²) in [6.45, 7) is 9.70. The SMILES string of the molecule is Cc1nn(C)c(C)c1CN1CCC2(CCCCNC(=O)c3ccccc3OC[C@@H](C)NC2=O)CC1. The van der Waals surface area contributed by atoms with Gasteiger partial charge in [0, 0.05) is 31.4 Å². The van der Waals surface area contributed by atoms with Gasteiger partial charge in [0.05, 0.1) is 22.7 Å². The van der Waals surface area contributed by atoms with Gasteiger partial charge in [-0.25, -0.2) is 0 Å². The highest BCUT2D eigenvalue weighted by Crippen LogP contribution is 2.38. The van der Waals surface area contributed by atoms with Gasteiger partial charge >= 0.3 is 0 Å². The lowest BCUT2D eigenvalue weighted by Gasteiger charge is -2.41. The van der Waals surface area contributed by atoms with Crippen molar-refractivity contribution in [1.82, 2.24) is 25.3 Å². The Morgan fingerprint density at radius 2 is 1.86 bits per heavy atom. The Bertz CT molecular complexity index is 1060. The zero-order valence-corrected chi connectivity index (χ0v) is 21.5. The molecule has 1 spiro atoms. The van der Waals surface area contributed by atoms with Crippen LogP contribution in [0.3, 0.4) is 0 Å². The Morgan fingerprint density at radius 3 is 2.57 bits per heavy atom. The van der Waals surface area contributed by atoms with E-state index in [0.29, 0.717) is 24.5 Å². The summed E-state index contributed by atoms with van der Waals surface area (Å²) in [5.41, 5.74) is 3.73. The molecule has 2 aliphatic heterocycles. The van der Waals surface area contributed by atoms with Gasteiger partial charge in [0.15, 0.2) is 0 Å². The summed E-state index contributed by atoms with van der Waals surface area (Å²) >= 11 is 0. The molecule has 2 aromatic rings. The minimum Gasteiger partial charge on any atom is -0.491 e. The van der Waals surface area contributed by atoms with Gasteiger partial charge in [-0.1, -0.05) is 18.6 Å². The molecule has 3 heterocycles. The number of para-hydroxylation sites is 1. The van der Waals surface area contributed by atoms with Crippen LogP contribution >= 0.6 is 0 Å². The number of hydrogen-bond acceptors (Lipinski definition) is 5. The maximum Gasteiger partial charge on any atom is 0.255 e. The lowest BCUT2D eigenvalue weighted by molar-refractivity contribution is -0.135. The number of rotatable bonds is 2. The first-order valence-electron chi connectivity index (χ1n) is 12.8. The van der Waals surface area contributed by atoms with Crippen molar-refractivity contribution >= 4 is 11.8 Å². The van der Waals surface area contributed by atoms with E-state index in [1.54, 1.807) is 12.1 Å². The molecule has 1 fully saturated rings. The molecule has 0 aliphatic carbocycles. The van der Waals surface area contributed by atoms with Crippen molar-refractivity contribution in [2.75, 3.05) is 26.2 Å². The van der Waals surface area contributed by atoms with Crippen molar-refractivity contribution in [3.8, 4) is 5.75 Å². The third-order valence-electron chi connectivity index (χ3n) is 7.70. The van der Waals surface area contributed by atoms with Crippen molar-refractivity contribution in [2.45, 2.75) is 65.5 Å². The molecule has 2 aliphatic rings. The quantitative estimate of drug-likeness (QED) is 0.688. The van der Waals surface area contributed by atoms with Gasteiger partial charge in [0.1, 0.15) is 12.4 Å². The van der Waals surface area contributed by atoms with E-state index in [1.165, 1.54) is 11.3 Å². The second-order valence-corrected chi connectivity index (χ2v) is 10.2. The van der Waals surface area contributed by atoms with Crippen LogP contribution in [0.15, 0.2) is 24.3 Å². The molecule has 2 amide bonds. The predicted octanol–water partition coefficient (Wildman–Crippen LogP) is 3.12. The van der Waals surface area contributed by atoms with E-state index in [9.17, 15) is 9.59 Å². The highest BCUT2D eigenvalue weighted by atomic mass is 16.5. The van der Waals surface area contributed by atoms with Gasteiger partial charge in [0.2, 0.25) is 5.91 Å². The van der Waals surface area contributed by atoms with E-state index < -0.39 is 0 Å². The summed E-state index contributed by atoms with van der Waals surface area (Å²) in [5.74, 6) is 0.571. The number of carbonyl (C=O) groups excluding carboxylic acids is 2. The lowest BCUT2D eigenvalue weighted by atomic mass is 9.73. The standard InChI is InChI=1S/C27H39N5O3/c1-19-18-35-24-10-6-5-9-22(24)25(33)28-14-8-7-11-27(26(34)29-19)12-15-32(16-13-27)17-23-20(2)30-31(4)21(23)3/h5-6,9-10,19H,7-8,11-18H2,1-4H3,(H,28,33)(H,29,34)/t19-/m1/s1. The van der Waals surface area contributed by atoms with Gasteiger partial charge in [-0.2, -0.15) is 5.10 Å². The molecule has 8 nitrogen and oxygen atoms in total. The highest BCUT2D eigenvalue weighted by molar-refractivity contribution is 5.96. The van der Waals surface area contributed by atoms with Crippen molar-refractivity contribution in [3.63, 3.8) is 0 Å². The number of aromatic nitrogens is 2. The molecule has 1 aromatic heterocycles. The predicted molar refractivity (Wildman–Crippen MR) is 135 cm³/mol. The molecular weight excluding hydrogens is 442 g/mol. The Morgan fingerprint density at radius 1 is 1.11 bits per heavy atom. The lowest BCUT2D eigenvalue weighted by Crippen LogP contribution is -2.51. The van der Waals surface area contributed by atoms with Crippen LogP contribution in [0.5, 0.6) is 5.75 Å². The van der Waals surface area contributed by atoms with Gasteiger partial charge in [-0.3, -0.25) is 19.2 Å². The normalized spacial score (nSPS) is 22.0. The highest BCUT2D eigenvalue weighted by Gasteiger charge is 2.41. The van der Waals surface area contributed by atoms with E-state index >= 15 is 0 Å². The number of nitrogens with one attached hydrogen (secondary N) is 2. The smallest absolute Gasteiger partial charge is 0.255 e. The van der Waals surface area contributed by atoms with Gasteiger partial charge in [-0.05, 0) is 71.7 Å². The Kier molecular flexibility index (Phi) is 7.79. The topological polar surface area (TPSA) is 88.5 Å². The van der Waals surface area contributed by atoms with Crippen LogP contribution in [0.2, 0.25) is 0 Å². The minimum absolute atomic E-state index is 0.113. The third-order valence-corrected chi connectivity index (χ3v) is 7.70. The molecular formula is C27H39N5O3. The zero-order chi connectivity index (χ0) is 25.0. The molecule has 35 heavy (non-hydrogen) atoms. The monoisotopic (exact) mass is 481 g/mol. The number of nitrogens with zero attached hydrogens (tertiary/aromatic N) is 3. The minimum atomic E-state index is -0.379. The molecule has 2 N–H and O–H groups in total. The van der Waals surface area contributed by atoms with Crippen molar-refractivity contribution in [2.24, 2.45) is 12.5 Å². The summed E-state index contributed by atoms with van der Waals surface area (Å²) in [6.07, 6.45) is 4.25. The Hall–Kier alpha value is -2.87. The summed E-state index contributed by atoms with van der Waals surface area (Å²) in [5, 5.41) is 10.8. The Labute approximate surface area is 208 Å². The largest absolute Gasteiger partial charge is 0.491 e. The molecule has 0 unspecified atom stereocenters. The van der Waals surface area contributed by atoms with Crippen LogP contribution < -0.4 is 15.4 Å². The fourth-order valence-electron chi connectivity index (χ4n) is 5.30.